The van der Waals surface area contributed by atoms with E-state index in [0.717, 1.165) is 29.2 Å². The van der Waals surface area contributed by atoms with Crippen LogP contribution >= 0.6 is 11.3 Å². The van der Waals surface area contributed by atoms with E-state index >= 15 is 0 Å². The second-order valence-electron chi connectivity index (χ2n) is 5.93. The van der Waals surface area contributed by atoms with E-state index in [4.69, 9.17) is 0 Å². The highest BCUT2D eigenvalue weighted by atomic mass is 32.2. The minimum absolute atomic E-state index is 0.255. The number of halogens is 1. The molecular formula is C16H20FN3O2S2. The normalized spacial score (nSPS) is 17.8. The maximum atomic E-state index is 13.0. The van der Waals surface area contributed by atoms with Gasteiger partial charge in [-0.2, -0.15) is 0 Å². The van der Waals surface area contributed by atoms with E-state index in [1.54, 1.807) is 27.8 Å². The molecule has 1 saturated heterocycles. The minimum Gasteiger partial charge on any atom is -0.295 e. The van der Waals surface area contributed by atoms with Crippen molar-refractivity contribution in [2.45, 2.75) is 13.0 Å². The third kappa shape index (κ3) is 4.38. The molecule has 1 aliphatic rings. The summed E-state index contributed by atoms with van der Waals surface area (Å²) in [5.74, 6) is -0.255. The lowest BCUT2D eigenvalue weighted by Crippen LogP contribution is -2.34. The number of hydrogen-bond acceptors (Lipinski definition) is 5. The summed E-state index contributed by atoms with van der Waals surface area (Å²) in [5.41, 5.74) is 1.75. The Morgan fingerprint density at radius 1 is 1.17 bits per heavy atom. The summed E-state index contributed by atoms with van der Waals surface area (Å²) in [6, 6.07) is 6.32. The van der Waals surface area contributed by atoms with Gasteiger partial charge >= 0.3 is 0 Å². The van der Waals surface area contributed by atoms with E-state index in [0.29, 0.717) is 26.2 Å². The molecule has 3 rings (SSSR count). The van der Waals surface area contributed by atoms with Crippen LogP contribution in [0.15, 0.2) is 29.6 Å². The first-order chi connectivity index (χ1) is 11.4. The van der Waals surface area contributed by atoms with Crippen LogP contribution in [-0.2, 0) is 16.6 Å². The van der Waals surface area contributed by atoms with Gasteiger partial charge in [0.2, 0.25) is 10.0 Å². The molecular weight excluding hydrogens is 349 g/mol. The zero-order chi connectivity index (χ0) is 17.2. The van der Waals surface area contributed by atoms with Crippen LogP contribution in [0.4, 0.5) is 4.39 Å². The Kier molecular flexibility index (Phi) is 5.29. The summed E-state index contributed by atoms with van der Waals surface area (Å²) in [7, 11) is -3.12. The lowest BCUT2D eigenvalue weighted by Gasteiger charge is -2.19. The molecule has 0 unspecified atom stereocenters. The quantitative estimate of drug-likeness (QED) is 0.831. The SMILES string of the molecule is CS(=O)(=O)N1CCCN(Cc2nc(-c3ccc(F)cc3)cs2)CC1. The van der Waals surface area contributed by atoms with Crippen molar-refractivity contribution in [2.75, 3.05) is 32.4 Å². The first-order valence-electron chi connectivity index (χ1n) is 7.79. The molecule has 0 saturated carbocycles. The van der Waals surface area contributed by atoms with Gasteiger partial charge in [0.1, 0.15) is 10.8 Å². The summed E-state index contributed by atoms with van der Waals surface area (Å²) in [5, 5.41) is 2.96. The van der Waals surface area contributed by atoms with Gasteiger partial charge in [-0.1, -0.05) is 0 Å². The van der Waals surface area contributed by atoms with Crippen LogP contribution in [0, 0.1) is 5.82 Å². The highest BCUT2D eigenvalue weighted by Crippen LogP contribution is 2.23. The zero-order valence-corrected chi connectivity index (χ0v) is 15.1. The summed E-state index contributed by atoms with van der Waals surface area (Å²) in [4.78, 5) is 6.86. The van der Waals surface area contributed by atoms with E-state index < -0.39 is 10.0 Å². The fourth-order valence-electron chi connectivity index (χ4n) is 2.77. The van der Waals surface area contributed by atoms with Crippen molar-refractivity contribution in [1.82, 2.24) is 14.2 Å². The summed E-state index contributed by atoms with van der Waals surface area (Å²) in [6.45, 7) is 3.38. The molecule has 0 N–H and O–H groups in total. The number of rotatable bonds is 4. The van der Waals surface area contributed by atoms with Crippen LogP contribution in [0.1, 0.15) is 11.4 Å². The molecule has 2 heterocycles. The van der Waals surface area contributed by atoms with Crippen molar-refractivity contribution in [3.05, 3.63) is 40.5 Å². The van der Waals surface area contributed by atoms with Crippen LogP contribution in [0.2, 0.25) is 0 Å². The van der Waals surface area contributed by atoms with E-state index in [1.807, 2.05) is 5.38 Å². The second kappa shape index (κ2) is 7.26. The predicted octanol–water partition coefficient (Wildman–Crippen LogP) is 2.42. The van der Waals surface area contributed by atoms with Crippen molar-refractivity contribution in [2.24, 2.45) is 0 Å². The number of aromatic nitrogens is 1. The molecule has 24 heavy (non-hydrogen) atoms. The molecule has 0 aliphatic carbocycles. The average Bonchev–Trinajstić information content (AvgIpc) is 2.84. The Balaban J connectivity index is 1.63. The van der Waals surface area contributed by atoms with E-state index in [2.05, 4.69) is 9.88 Å². The first kappa shape index (κ1) is 17.5. The Morgan fingerprint density at radius 3 is 2.62 bits per heavy atom. The zero-order valence-electron chi connectivity index (χ0n) is 13.5. The van der Waals surface area contributed by atoms with Crippen molar-refractivity contribution >= 4 is 21.4 Å². The van der Waals surface area contributed by atoms with Crippen molar-refractivity contribution in [3.8, 4) is 11.3 Å². The molecule has 0 spiro atoms. The molecule has 1 aromatic carbocycles. The molecule has 8 heteroatoms. The van der Waals surface area contributed by atoms with Gasteiger partial charge in [0.15, 0.2) is 0 Å². The van der Waals surface area contributed by atoms with Crippen molar-refractivity contribution in [3.63, 3.8) is 0 Å². The molecule has 0 atom stereocenters. The van der Waals surface area contributed by atoms with Gasteiger partial charge in [-0.3, -0.25) is 4.90 Å². The van der Waals surface area contributed by atoms with Gasteiger partial charge in [-0.15, -0.1) is 11.3 Å². The van der Waals surface area contributed by atoms with Gasteiger partial charge in [0, 0.05) is 30.6 Å². The number of benzene rings is 1. The molecule has 130 valence electrons. The number of sulfonamides is 1. The Bertz CT molecular complexity index is 790. The molecule has 2 aromatic rings. The van der Waals surface area contributed by atoms with Gasteiger partial charge < -0.3 is 0 Å². The number of nitrogens with zero attached hydrogens (tertiary/aromatic N) is 3. The van der Waals surface area contributed by atoms with Crippen molar-refractivity contribution < 1.29 is 12.8 Å². The predicted molar refractivity (Wildman–Crippen MR) is 93.8 cm³/mol. The number of thiazole rings is 1. The van der Waals surface area contributed by atoms with Crippen LogP contribution in [0.3, 0.4) is 0 Å². The maximum Gasteiger partial charge on any atom is 0.211 e. The minimum atomic E-state index is -3.12. The van der Waals surface area contributed by atoms with E-state index in [9.17, 15) is 12.8 Å². The molecule has 1 aliphatic heterocycles. The maximum absolute atomic E-state index is 13.0. The molecule has 0 radical (unpaired) electrons. The van der Waals surface area contributed by atoms with Gasteiger partial charge in [0.05, 0.1) is 18.5 Å². The van der Waals surface area contributed by atoms with E-state index in [1.165, 1.54) is 18.4 Å². The monoisotopic (exact) mass is 369 g/mol. The standard InChI is InChI=1S/C16H20FN3O2S2/c1-24(21,22)20-8-2-7-19(9-10-20)11-16-18-15(12-23-16)13-3-5-14(17)6-4-13/h3-6,12H,2,7-11H2,1H3. The fourth-order valence-corrected chi connectivity index (χ4v) is 4.48. The Morgan fingerprint density at radius 2 is 1.92 bits per heavy atom. The summed E-state index contributed by atoms with van der Waals surface area (Å²) < 4.78 is 37.9. The highest BCUT2D eigenvalue weighted by molar-refractivity contribution is 7.88. The van der Waals surface area contributed by atoms with Crippen LogP contribution in [0.25, 0.3) is 11.3 Å². The number of hydrogen-bond donors (Lipinski definition) is 0. The third-order valence-electron chi connectivity index (χ3n) is 4.07. The van der Waals surface area contributed by atoms with Gasteiger partial charge in [-0.05, 0) is 37.2 Å². The molecule has 1 aromatic heterocycles. The summed E-state index contributed by atoms with van der Waals surface area (Å²) >= 11 is 1.58. The Labute approximate surface area is 145 Å². The smallest absolute Gasteiger partial charge is 0.211 e. The highest BCUT2D eigenvalue weighted by Gasteiger charge is 2.21. The van der Waals surface area contributed by atoms with E-state index in [-0.39, 0.29) is 5.82 Å². The topological polar surface area (TPSA) is 53.5 Å². The lowest BCUT2D eigenvalue weighted by molar-refractivity contribution is 0.278. The average molecular weight is 369 g/mol. The van der Waals surface area contributed by atoms with Crippen LogP contribution in [0.5, 0.6) is 0 Å². The van der Waals surface area contributed by atoms with Gasteiger partial charge in [-0.25, -0.2) is 22.1 Å². The summed E-state index contributed by atoms with van der Waals surface area (Å²) in [6.07, 6.45) is 2.09. The van der Waals surface area contributed by atoms with Crippen molar-refractivity contribution in [1.29, 1.82) is 0 Å². The Hall–Kier alpha value is -1.35. The molecule has 0 bridgehead atoms. The molecule has 5 nitrogen and oxygen atoms in total. The third-order valence-corrected chi connectivity index (χ3v) is 6.20. The second-order valence-corrected chi connectivity index (χ2v) is 8.85. The molecule has 0 amide bonds. The van der Waals surface area contributed by atoms with Crippen LogP contribution < -0.4 is 0 Å². The lowest BCUT2D eigenvalue weighted by atomic mass is 10.2. The molecule has 1 fully saturated rings. The fraction of sp³-hybridized carbons (Fsp3) is 0.438. The van der Waals surface area contributed by atoms with Gasteiger partial charge in [0.25, 0.3) is 0 Å². The first-order valence-corrected chi connectivity index (χ1v) is 10.5. The largest absolute Gasteiger partial charge is 0.295 e. The van der Waals surface area contributed by atoms with Crippen LogP contribution in [-0.4, -0.2) is 55.0 Å².